The van der Waals surface area contributed by atoms with E-state index < -0.39 is 0 Å². The Kier molecular flexibility index (Phi) is 4.05. The number of anilines is 1. The molecule has 0 bridgehead atoms. The lowest BCUT2D eigenvalue weighted by Gasteiger charge is -2.08. The summed E-state index contributed by atoms with van der Waals surface area (Å²) in [6.45, 7) is 0. The van der Waals surface area contributed by atoms with E-state index in [4.69, 9.17) is 4.74 Å². The van der Waals surface area contributed by atoms with Gasteiger partial charge in [0.15, 0.2) is 0 Å². The fourth-order valence-electron chi connectivity index (χ4n) is 2.26. The van der Waals surface area contributed by atoms with Crippen molar-refractivity contribution < 1.29 is 9.53 Å². The van der Waals surface area contributed by atoms with E-state index in [1.807, 2.05) is 37.4 Å². The van der Waals surface area contributed by atoms with Crippen molar-refractivity contribution in [3.63, 3.8) is 0 Å². The number of amides is 1. The molecule has 1 N–H and O–H groups in total. The highest BCUT2D eigenvalue weighted by atomic mass is 16.5. The Morgan fingerprint density at radius 3 is 2.74 bits per heavy atom. The van der Waals surface area contributed by atoms with Crippen LogP contribution < -0.4 is 10.1 Å². The average Bonchev–Trinajstić information content (AvgIpc) is 3.01. The second-order valence-electron chi connectivity index (χ2n) is 4.94. The predicted octanol–water partition coefficient (Wildman–Crippen LogP) is 2.74. The normalized spacial score (nSPS) is 10.3. The van der Waals surface area contributed by atoms with E-state index in [2.05, 4.69) is 15.4 Å². The van der Waals surface area contributed by atoms with E-state index in [1.165, 1.54) is 7.11 Å². The molecule has 1 amide bonds. The first-order valence-corrected chi connectivity index (χ1v) is 7.08. The van der Waals surface area contributed by atoms with Gasteiger partial charge in [0.05, 0.1) is 12.8 Å². The lowest BCUT2D eigenvalue weighted by atomic mass is 10.1. The molecule has 0 aliphatic carbocycles. The van der Waals surface area contributed by atoms with Crippen molar-refractivity contribution in [1.29, 1.82) is 0 Å². The number of carbonyl (C=O) groups excluding carboxylic acids is 1. The molecule has 0 radical (unpaired) electrons. The third-order valence-corrected chi connectivity index (χ3v) is 3.40. The van der Waals surface area contributed by atoms with Gasteiger partial charge in [-0.25, -0.2) is 4.98 Å². The standard InChI is InChI=1S/C17H16N4O2/c1-21-15(9-10-18-21)12-5-3-6-13(11-12)19-17(22)14-7-4-8-16(20-14)23-2/h3-11H,1-2H3,(H,19,22). The zero-order valence-electron chi connectivity index (χ0n) is 12.9. The summed E-state index contributed by atoms with van der Waals surface area (Å²) >= 11 is 0. The predicted molar refractivity (Wildman–Crippen MR) is 87.4 cm³/mol. The molecule has 3 rings (SSSR count). The lowest BCUT2D eigenvalue weighted by Crippen LogP contribution is -2.13. The molecule has 2 heterocycles. The lowest BCUT2D eigenvalue weighted by molar-refractivity contribution is 0.102. The molecular formula is C17H16N4O2. The molecule has 6 nitrogen and oxygen atoms in total. The summed E-state index contributed by atoms with van der Waals surface area (Å²) in [5.74, 6) is 0.118. The molecule has 3 aromatic rings. The maximum Gasteiger partial charge on any atom is 0.274 e. The number of ether oxygens (including phenoxy) is 1. The second-order valence-corrected chi connectivity index (χ2v) is 4.94. The van der Waals surface area contributed by atoms with Crippen LogP contribution in [0.25, 0.3) is 11.3 Å². The Hall–Kier alpha value is -3.15. The van der Waals surface area contributed by atoms with E-state index in [1.54, 1.807) is 29.1 Å². The van der Waals surface area contributed by atoms with Crippen LogP contribution in [0.2, 0.25) is 0 Å². The number of benzene rings is 1. The van der Waals surface area contributed by atoms with Gasteiger partial charge < -0.3 is 10.1 Å². The van der Waals surface area contributed by atoms with Gasteiger partial charge in [-0.1, -0.05) is 18.2 Å². The number of nitrogens with zero attached hydrogens (tertiary/aromatic N) is 3. The summed E-state index contributed by atoms with van der Waals surface area (Å²) in [6.07, 6.45) is 1.74. The van der Waals surface area contributed by atoms with Gasteiger partial charge in [0, 0.05) is 30.6 Å². The van der Waals surface area contributed by atoms with Crippen molar-refractivity contribution in [1.82, 2.24) is 14.8 Å². The number of aryl methyl sites for hydroxylation is 1. The van der Waals surface area contributed by atoms with Crippen LogP contribution in [0.15, 0.2) is 54.7 Å². The van der Waals surface area contributed by atoms with Crippen LogP contribution in [-0.2, 0) is 7.05 Å². The Bertz CT molecular complexity index is 842. The first-order valence-electron chi connectivity index (χ1n) is 7.08. The van der Waals surface area contributed by atoms with Gasteiger partial charge in [-0.2, -0.15) is 5.10 Å². The smallest absolute Gasteiger partial charge is 0.274 e. The van der Waals surface area contributed by atoms with E-state index in [-0.39, 0.29) is 5.91 Å². The molecule has 0 spiro atoms. The van der Waals surface area contributed by atoms with Crippen LogP contribution in [-0.4, -0.2) is 27.8 Å². The average molecular weight is 308 g/mol. The highest BCUT2D eigenvalue weighted by Gasteiger charge is 2.10. The van der Waals surface area contributed by atoms with Crippen LogP contribution in [0.5, 0.6) is 5.88 Å². The van der Waals surface area contributed by atoms with Gasteiger partial charge in [0.25, 0.3) is 5.91 Å². The van der Waals surface area contributed by atoms with Crippen LogP contribution in [0.4, 0.5) is 5.69 Å². The highest BCUT2D eigenvalue weighted by molar-refractivity contribution is 6.03. The van der Waals surface area contributed by atoms with Crippen molar-refractivity contribution in [2.45, 2.75) is 0 Å². The molecule has 2 aromatic heterocycles. The summed E-state index contributed by atoms with van der Waals surface area (Å²) in [6, 6.07) is 14.6. The molecule has 0 atom stereocenters. The summed E-state index contributed by atoms with van der Waals surface area (Å²) in [5, 5.41) is 7.00. The Balaban J connectivity index is 1.83. The van der Waals surface area contributed by atoms with E-state index in [0.29, 0.717) is 17.3 Å². The molecule has 0 saturated carbocycles. The van der Waals surface area contributed by atoms with Gasteiger partial charge in [-0.3, -0.25) is 9.48 Å². The number of methoxy groups -OCH3 is 1. The van der Waals surface area contributed by atoms with Crippen molar-refractivity contribution in [2.75, 3.05) is 12.4 Å². The minimum atomic E-state index is -0.286. The van der Waals surface area contributed by atoms with E-state index >= 15 is 0 Å². The minimum Gasteiger partial charge on any atom is -0.481 e. The van der Waals surface area contributed by atoms with E-state index in [0.717, 1.165) is 11.3 Å². The number of pyridine rings is 1. The largest absolute Gasteiger partial charge is 0.481 e. The SMILES string of the molecule is COc1cccc(C(=O)Nc2cccc(-c3ccnn3C)c2)n1. The monoisotopic (exact) mass is 308 g/mol. The van der Waals surface area contributed by atoms with Gasteiger partial charge in [-0.15, -0.1) is 0 Å². The topological polar surface area (TPSA) is 69.0 Å². The molecule has 0 fully saturated rings. The fourth-order valence-corrected chi connectivity index (χ4v) is 2.26. The minimum absolute atomic E-state index is 0.286. The molecule has 23 heavy (non-hydrogen) atoms. The van der Waals surface area contributed by atoms with Crippen molar-refractivity contribution in [3.05, 3.63) is 60.4 Å². The zero-order chi connectivity index (χ0) is 16.2. The summed E-state index contributed by atoms with van der Waals surface area (Å²) in [4.78, 5) is 16.4. The maximum absolute atomic E-state index is 12.3. The fraction of sp³-hybridized carbons (Fsp3) is 0.118. The molecular weight excluding hydrogens is 292 g/mol. The van der Waals surface area contributed by atoms with Gasteiger partial charge >= 0.3 is 0 Å². The van der Waals surface area contributed by atoms with Gasteiger partial charge in [0.1, 0.15) is 5.69 Å². The molecule has 6 heteroatoms. The first kappa shape index (κ1) is 14.8. The molecule has 0 aliphatic heterocycles. The second kappa shape index (κ2) is 6.31. The molecule has 116 valence electrons. The molecule has 0 saturated heterocycles. The number of hydrogen-bond donors (Lipinski definition) is 1. The van der Waals surface area contributed by atoms with Crippen LogP contribution in [0.3, 0.4) is 0 Å². The number of carbonyl (C=O) groups is 1. The van der Waals surface area contributed by atoms with Crippen molar-refractivity contribution in [2.24, 2.45) is 7.05 Å². The van der Waals surface area contributed by atoms with Crippen molar-refractivity contribution in [3.8, 4) is 17.1 Å². The summed E-state index contributed by atoms with van der Waals surface area (Å²) in [5.41, 5.74) is 2.94. The van der Waals surface area contributed by atoms with Gasteiger partial charge in [0.2, 0.25) is 5.88 Å². The summed E-state index contributed by atoms with van der Waals surface area (Å²) < 4.78 is 6.82. The third-order valence-electron chi connectivity index (χ3n) is 3.40. The Morgan fingerprint density at radius 2 is 2.00 bits per heavy atom. The molecule has 0 aliphatic rings. The summed E-state index contributed by atoms with van der Waals surface area (Å²) in [7, 11) is 3.39. The van der Waals surface area contributed by atoms with Crippen LogP contribution in [0, 0.1) is 0 Å². The zero-order valence-corrected chi connectivity index (χ0v) is 12.9. The van der Waals surface area contributed by atoms with Gasteiger partial charge in [-0.05, 0) is 24.3 Å². The van der Waals surface area contributed by atoms with Crippen LogP contribution in [0.1, 0.15) is 10.5 Å². The maximum atomic E-state index is 12.3. The number of aromatic nitrogens is 3. The van der Waals surface area contributed by atoms with E-state index in [9.17, 15) is 4.79 Å². The van der Waals surface area contributed by atoms with Crippen LogP contribution >= 0.6 is 0 Å². The molecule has 0 unspecified atom stereocenters. The Labute approximate surface area is 133 Å². The number of hydrogen-bond acceptors (Lipinski definition) is 4. The highest BCUT2D eigenvalue weighted by Crippen LogP contribution is 2.22. The molecule has 1 aromatic carbocycles. The van der Waals surface area contributed by atoms with Crippen molar-refractivity contribution >= 4 is 11.6 Å². The number of nitrogens with one attached hydrogen (secondary N) is 1. The third kappa shape index (κ3) is 3.21. The first-order chi connectivity index (χ1) is 11.2. The number of rotatable bonds is 4. The quantitative estimate of drug-likeness (QED) is 0.804. The Morgan fingerprint density at radius 1 is 1.17 bits per heavy atom.